The molecule has 0 aliphatic carbocycles. The van der Waals surface area contributed by atoms with Crippen LogP contribution >= 0.6 is 12.4 Å². The number of nitrogens with zero attached hydrogens (tertiary/aromatic N) is 1. The van der Waals surface area contributed by atoms with Crippen molar-refractivity contribution in [3.05, 3.63) is 54.6 Å². The Labute approximate surface area is 155 Å². The summed E-state index contributed by atoms with van der Waals surface area (Å²) < 4.78 is 5.93. The molecule has 2 aromatic carbocycles. The Balaban J connectivity index is 0.00000225. The molecule has 4 nitrogen and oxygen atoms in total. The Morgan fingerprint density at radius 3 is 2.64 bits per heavy atom. The predicted molar refractivity (Wildman–Crippen MR) is 103 cm³/mol. The van der Waals surface area contributed by atoms with Crippen molar-refractivity contribution in [2.24, 2.45) is 0 Å². The minimum Gasteiger partial charge on any atom is -0.492 e. The van der Waals surface area contributed by atoms with E-state index >= 15 is 0 Å². The van der Waals surface area contributed by atoms with Crippen LogP contribution in [0.15, 0.2) is 54.6 Å². The highest BCUT2D eigenvalue weighted by atomic mass is 35.5. The number of hydrogen-bond donors (Lipinski definition) is 1. The van der Waals surface area contributed by atoms with Crippen LogP contribution in [0.5, 0.6) is 5.75 Å². The molecule has 2 aromatic rings. The maximum Gasteiger partial charge on any atom is 0.226 e. The highest BCUT2D eigenvalue weighted by Crippen LogP contribution is 2.29. The molecular weight excluding hydrogens is 336 g/mol. The summed E-state index contributed by atoms with van der Waals surface area (Å²) in [5, 5.41) is 3.30. The van der Waals surface area contributed by atoms with Gasteiger partial charge in [-0.1, -0.05) is 48.5 Å². The standard InChI is InChI=1S/C20H24N2O2.ClH/c1-16-15-21-12-13-22(16)20(23)11-14-24-19-10-6-5-9-18(19)17-7-3-2-4-8-17;/h2-10,16,21H,11-15H2,1H3;1H/t16-;/m1./s1. The predicted octanol–water partition coefficient (Wildman–Crippen LogP) is 3.36. The quantitative estimate of drug-likeness (QED) is 0.888. The van der Waals surface area contributed by atoms with Gasteiger partial charge < -0.3 is 15.0 Å². The number of carbonyl (C=O) groups excluding carboxylic acids is 1. The highest BCUT2D eigenvalue weighted by molar-refractivity contribution is 5.85. The first-order valence-corrected chi connectivity index (χ1v) is 8.53. The second kappa shape index (κ2) is 9.44. The summed E-state index contributed by atoms with van der Waals surface area (Å²) in [6.45, 7) is 4.99. The number of carbonyl (C=O) groups is 1. The monoisotopic (exact) mass is 360 g/mol. The molecule has 3 rings (SSSR count). The minimum absolute atomic E-state index is 0. The molecule has 0 unspecified atom stereocenters. The van der Waals surface area contributed by atoms with E-state index in [1.807, 2.05) is 47.4 Å². The van der Waals surface area contributed by atoms with E-state index in [0.29, 0.717) is 13.0 Å². The maximum absolute atomic E-state index is 12.4. The number of halogens is 1. The fraction of sp³-hybridized carbons (Fsp3) is 0.350. The average Bonchev–Trinajstić information content (AvgIpc) is 2.63. The number of amides is 1. The SMILES string of the molecule is C[C@@H]1CNCCN1C(=O)CCOc1ccccc1-c1ccccc1.Cl. The molecule has 1 heterocycles. The Bertz CT molecular complexity index is 678. The zero-order valence-electron chi connectivity index (χ0n) is 14.5. The van der Waals surface area contributed by atoms with E-state index in [0.717, 1.165) is 36.5 Å². The number of rotatable bonds is 5. The van der Waals surface area contributed by atoms with Crippen LogP contribution in [0.2, 0.25) is 0 Å². The van der Waals surface area contributed by atoms with Gasteiger partial charge in [-0.2, -0.15) is 0 Å². The third-order valence-electron chi connectivity index (χ3n) is 4.37. The fourth-order valence-corrected chi connectivity index (χ4v) is 3.05. The van der Waals surface area contributed by atoms with Crippen molar-refractivity contribution in [2.45, 2.75) is 19.4 Å². The smallest absolute Gasteiger partial charge is 0.226 e. The van der Waals surface area contributed by atoms with E-state index in [2.05, 4.69) is 24.4 Å². The van der Waals surface area contributed by atoms with Gasteiger partial charge in [0.05, 0.1) is 13.0 Å². The number of para-hydroxylation sites is 1. The van der Waals surface area contributed by atoms with Crippen LogP contribution in [-0.4, -0.2) is 43.1 Å². The van der Waals surface area contributed by atoms with E-state index in [9.17, 15) is 4.79 Å². The lowest BCUT2D eigenvalue weighted by molar-refractivity contribution is -0.134. The van der Waals surface area contributed by atoms with Gasteiger partial charge >= 0.3 is 0 Å². The van der Waals surface area contributed by atoms with Gasteiger partial charge in [0, 0.05) is 31.2 Å². The van der Waals surface area contributed by atoms with Crippen LogP contribution in [0, 0.1) is 0 Å². The molecule has 25 heavy (non-hydrogen) atoms. The highest BCUT2D eigenvalue weighted by Gasteiger charge is 2.22. The lowest BCUT2D eigenvalue weighted by Crippen LogP contribution is -2.52. The molecule has 0 saturated carbocycles. The van der Waals surface area contributed by atoms with Gasteiger partial charge in [-0.05, 0) is 18.6 Å². The van der Waals surface area contributed by atoms with Crippen molar-refractivity contribution < 1.29 is 9.53 Å². The zero-order valence-corrected chi connectivity index (χ0v) is 15.3. The van der Waals surface area contributed by atoms with Gasteiger partial charge in [0.15, 0.2) is 0 Å². The van der Waals surface area contributed by atoms with Crippen molar-refractivity contribution in [1.29, 1.82) is 0 Å². The van der Waals surface area contributed by atoms with Crippen LogP contribution in [-0.2, 0) is 4.79 Å². The Hall–Kier alpha value is -2.04. The molecule has 1 saturated heterocycles. The first-order chi connectivity index (χ1) is 11.8. The molecule has 1 atom stereocenters. The number of benzene rings is 2. The van der Waals surface area contributed by atoms with Gasteiger partial charge in [0.25, 0.3) is 0 Å². The molecule has 1 aliphatic rings. The average molecular weight is 361 g/mol. The van der Waals surface area contributed by atoms with E-state index in [4.69, 9.17) is 4.74 Å². The summed E-state index contributed by atoms with van der Waals surface area (Å²) in [4.78, 5) is 14.3. The normalized spacial score (nSPS) is 16.8. The second-order valence-corrected chi connectivity index (χ2v) is 6.10. The maximum atomic E-state index is 12.4. The third kappa shape index (κ3) is 4.97. The molecule has 0 radical (unpaired) electrons. The molecular formula is C20H25ClN2O2. The molecule has 1 aliphatic heterocycles. The van der Waals surface area contributed by atoms with Crippen LogP contribution in [0.4, 0.5) is 0 Å². The van der Waals surface area contributed by atoms with Crippen LogP contribution in [0.3, 0.4) is 0 Å². The summed E-state index contributed by atoms with van der Waals surface area (Å²) in [6.07, 6.45) is 0.410. The zero-order chi connectivity index (χ0) is 16.8. The number of hydrogen-bond acceptors (Lipinski definition) is 3. The number of piperazine rings is 1. The van der Waals surface area contributed by atoms with Gasteiger partial charge in [-0.3, -0.25) is 4.79 Å². The van der Waals surface area contributed by atoms with Crippen LogP contribution < -0.4 is 10.1 Å². The Kier molecular flexibility index (Phi) is 7.29. The minimum atomic E-state index is 0. The molecule has 134 valence electrons. The van der Waals surface area contributed by atoms with Gasteiger partial charge in [0.2, 0.25) is 5.91 Å². The van der Waals surface area contributed by atoms with E-state index in [1.165, 1.54) is 0 Å². The van der Waals surface area contributed by atoms with Crippen molar-refractivity contribution >= 4 is 18.3 Å². The third-order valence-corrected chi connectivity index (χ3v) is 4.37. The van der Waals surface area contributed by atoms with E-state index in [-0.39, 0.29) is 24.4 Å². The molecule has 5 heteroatoms. The summed E-state index contributed by atoms with van der Waals surface area (Å²) in [5.41, 5.74) is 2.18. The van der Waals surface area contributed by atoms with Crippen molar-refractivity contribution in [3.63, 3.8) is 0 Å². The Morgan fingerprint density at radius 2 is 1.88 bits per heavy atom. The number of nitrogens with one attached hydrogen (secondary N) is 1. The first-order valence-electron chi connectivity index (χ1n) is 8.53. The van der Waals surface area contributed by atoms with Crippen molar-refractivity contribution in [1.82, 2.24) is 10.2 Å². The Morgan fingerprint density at radius 1 is 1.16 bits per heavy atom. The van der Waals surface area contributed by atoms with Gasteiger partial charge in [0.1, 0.15) is 5.75 Å². The van der Waals surface area contributed by atoms with Crippen LogP contribution in [0.25, 0.3) is 11.1 Å². The van der Waals surface area contributed by atoms with E-state index in [1.54, 1.807) is 0 Å². The van der Waals surface area contributed by atoms with Gasteiger partial charge in [-0.25, -0.2) is 0 Å². The molecule has 1 fully saturated rings. The lowest BCUT2D eigenvalue weighted by Gasteiger charge is -2.34. The van der Waals surface area contributed by atoms with E-state index < -0.39 is 0 Å². The van der Waals surface area contributed by atoms with Crippen LogP contribution in [0.1, 0.15) is 13.3 Å². The topological polar surface area (TPSA) is 41.6 Å². The molecule has 0 spiro atoms. The van der Waals surface area contributed by atoms with Crippen molar-refractivity contribution in [3.8, 4) is 16.9 Å². The summed E-state index contributed by atoms with van der Waals surface area (Å²) >= 11 is 0. The first kappa shape index (κ1) is 19.3. The molecule has 1 amide bonds. The lowest BCUT2D eigenvalue weighted by atomic mass is 10.1. The second-order valence-electron chi connectivity index (χ2n) is 6.10. The van der Waals surface area contributed by atoms with Gasteiger partial charge in [-0.15, -0.1) is 12.4 Å². The molecule has 0 bridgehead atoms. The molecule has 1 N–H and O–H groups in total. The van der Waals surface area contributed by atoms with Crippen molar-refractivity contribution in [2.75, 3.05) is 26.2 Å². The largest absolute Gasteiger partial charge is 0.492 e. The molecule has 0 aromatic heterocycles. The summed E-state index contributed by atoms with van der Waals surface area (Å²) in [6, 6.07) is 18.4. The summed E-state index contributed by atoms with van der Waals surface area (Å²) in [5.74, 6) is 0.992. The fourth-order valence-electron chi connectivity index (χ4n) is 3.05. The summed E-state index contributed by atoms with van der Waals surface area (Å²) in [7, 11) is 0. The number of ether oxygens (including phenoxy) is 1.